The summed E-state index contributed by atoms with van der Waals surface area (Å²) in [5, 5.41) is 3.74. The average Bonchev–Trinajstić information content (AvgIpc) is 3.27. The number of nitrogens with zero attached hydrogens (tertiary/aromatic N) is 1. The van der Waals surface area contributed by atoms with Gasteiger partial charge in [0.15, 0.2) is 0 Å². The Labute approximate surface area is 183 Å². The lowest BCUT2D eigenvalue weighted by Gasteiger charge is -2.34. The van der Waals surface area contributed by atoms with Gasteiger partial charge in [-0.25, -0.2) is 4.79 Å². The summed E-state index contributed by atoms with van der Waals surface area (Å²) in [6, 6.07) is 14.4. The second kappa shape index (κ2) is 7.27. The van der Waals surface area contributed by atoms with E-state index in [1.165, 1.54) is 6.07 Å². The monoisotopic (exact) mass is 434 g/mol. The molecule has 3 heterocycles. The first-order valence-electron chi connectivity index (χ1n) is 10.3. The van der Waals surface area contributed by atoms with Crippen molar-refractivity contribution in [2.45, 2.75) is 37.6 Å². The van der Waals surface area contributed by atoms with Gasteiger partial charge in [0, 0.05) is 35.4 Å². The summed E-state index contributed by atoms with van der Waals surface area (Å²) in [5.41, 5.74) is 3.58. The molecule has 1 N–H and O–H groups in total. The number of carbonyl (C=O) groups is 2. The largest absolute Gasteiger partial charge is 0.423 e. The SMILES string of the molecule is Cc1ccc([C@@]23CCC(=O)N2[C@H](C(=O)Nc2ccc4c(C)cc(=O)oc4c2)CS3)cc1. The molecule has 0 bridgehead atoms. The highest BCUT2D eigenvalue weighted by Gasteiger charge is 2.56. The lowest BCUT2D eigenvalue weighted by atomic mass is 10.0. The molecule has 31 heavy (non-hydrogen) atoms. The number of carbonyl (C=O) groups excluding carboxylic acids is 2. The van der Waals surface area contributed by atoms with E-state index in [1.807, 2.05) is 32.0 Å². The Balaban J connectivity index is 1.43. The molecule has 0 saturated carbocycles. The quantitative estimate of drug-likeness (QED) is 0.632. The van der Waals surface area contributed by atoms with Crippen LogP contribution in [-0.4, -0.2) is 28.5 Å². The van der Waals surface area contributed by atoms with Crippen molar-refractivity contribution in [3.8, 4) is 0 Å². The highest BCUT2D eigenvalue weighted by atomic mass is 32.2. The van der Waals surface area contributed by atoms with E-state index in [9.17, 15) is 14.4 Å². The Morgan fingerprint density at radius 2 is 1.90 bits per heavy atom. The molecular weight excluding hydrogens is 412 g/mol. The van der Waals surface area contributed by atoms with Crippen molar-refractivity contribution in [3.63, 3.8) is 0 Å². The number of nitrogens with one attached hydrogen (secondary N) is 1. The van der Waals surface area contributed by atoms with Gasteiger partial charge in [0.05, 0.1) is 0 Å². The maximum atomic E-state index is 13.2. The van der Waals surface area contributed by atoms with E-state index < -0.39 is 16.5 Å². The summed E-state index contributed by atoms with van der Waals surface area (Å²) in [5.74, 6) is 0.310. The molecule has 5 rings (SSSR count). The van der Waals surface area contributed by atoms with E-state index in [4.69, 9.17) is 4.42 Å². The molecular formula is C24H22N2O4S. The number of hydrogen-bond donors (Lipinski definition) is 1. The lowest BCUT2D eigenvalue weighted by molar-refractivity contribution is -0.136. The second-order valence-corrected chi connectivity index (χ2v) is 9.49. The van der Waals surface area contributed by atoms with E-state index >= 15 is 0 Å². The van der Waals surface area contributed by atoms with Crippen LogP contribution in [0.1, 0.15) is 29.5 Å². The third-order valence-electron chi connectivity index (χ3n) is 6.15. The molecule has 2 saturated heterocycles. The first-order valence-corrected chi connectivity index (χ1v) is 11.2. The van der Waals surface area contributed by atoms with Gasteiger partial charge in [-0.15, -0.1) is 11.8 Å². The van der Waals surface area contributed by atoms with Gasteiger partial charge in [0.2, 0.25) is 11.8 Å². The normalized spacial score (nSPS) is 22.7. The fourth-order valence-electron chi connectivity index (χ4n) is 4.58. The van der Waals surface area contributed by atoms with Crippen LogP contribution in [0.15, 0.2) is 57.7 Å². The van der Waals surface area contributed by atoms with Crippen LogP contribution in [0.5, 0.6) is 0 Å². The highest BCUT2D eigenvalue weighted by molar-refractivity contribution is 8.00. The number of aryl methyl sites for hydroxylation is 2. The Morgan fingerprint density at radius 3 is 2.68 bits per heavy atom. The number of thioether (sulfide) groups is 1. The molecule has 2 aromatic carbocycles. The predicted octanol–water partition coefficient (Wildman–Crippen LogP) is 3.94. The van der Waals surface area contributed by atoms with Crippen molar-refractivity contribution in [1.82, 2.24) is 4.90 Å². The topological polar surface area (TPSA) is 79.6 Å². The Morgan fingerprint density at radius 1 is 1.13 bits per heavy atom. The maximum Gasteiger partial charge on any atom is 0.336 e. The summed E-state index contributed by atoms with van der Waals surface area (Å²) in [4.78, 5) is 39.0. The third kappa shape index (κ3) is 3.24. The average molecular weight is 435 g/mol. The van der Waals surface area contributed by atoms with Crippen LogP contribution >= 0.6 is 11.8 Å². The molecule has 6 nitrogen and oxygen atoms in total. The molecule has 158 valence electrons. The Kier molecular flexibility index (Phi) is 4.66. The number of rotatable bonds is 3. The number of amides is 2. The zero-order chi connectivity index (χ0) is 21.8. The molecule has 2 fully saturated rings. The zero-order valence-electron chi connectivity index (χ0n) is 17.3. The van der Waals surface area contributed by atoms with Gasteiger partial charge in [0.25, 0.3) is 0 Å². The summed E-state index contributed by atoms with van der Waals surface area (Å²) < 4.78 is 5.28. The Bertz CT molecular complexity index is 1270. The second-order valence-electron chi connectivity index (χ2n) is 8.19. The van der Waals surface area contributed by atoms with Crippen molar-refractivity contribution >= 4 is 40.2 Å². The Hall–Kier alpha value is -3.06. The van der Waals surface area contributed by atoms with E-state index in [0.717, 1.165) is 22.1 Å². The number of anilines is 1. The predicted molar refractivity (Wildman–Crippen MR) is 121 cm³/mol. The summed E-state index contributed by atoms with van der Waals surface area (Å²) >= 11 is 1.66. The number of fused-ring (bicyclic) bond motifs is 2. The van der Waals surface area contributed by atoms with Gasteiger partial charge in [0.1, 0.15) is 16.5 Å². The van der Waals surface area contributed by atoms with Gasteiger partial charge in [-0.3, -0.25) is 9.59 Å². The first kappa shape index (κ1) is 19.9. The summed E-state index contributed by atoms with van der Waals surface area (Å²) in [6.07, 6.45) is 1.13. The molecule has 3 aromatic rings. The van der Waals surface area contributed by atoms with Crippen molar-refractivity contribution in [2.24, 2.45) is 0 Å². The van der Waals surface area contributed by atoms with Crippen molar-refractivity contribution in [3.05, 3.63) is 75.6 Å². The number of hydrogen-bond acceptors (Lipinski definition) is 5. The van der Waals surface area contributed by atoms with Crippen LogP contribution in [0.4, 0.5) is 5.69 Å². The minimum Gasteiger partial charge on any atom is -0.423 e. The van der Waals surface area contributed by atoms with Crippen LogP contribution in [0, 0.1) is 13.8 Å². The fourth-order valence-corrected chi connectivity index (χ4v) is 6.23. The minimum atomic E-state index is -0.554. The van der Waals surface area contributed by atoms with Gasteiger partial charge in [-0.05, 0) is 43.5 Å². The standard InChI is InChI=1S/C24H22N2O4S/c1-14-3-5-16(6-4-14)24-10-9-21(27)26(24)19(13-31-24)23(29)25-17-7-8-18-15(2)11-22(28)30-20(18)12-17/h3-8,11-12,19H,9-10,13H2,1-2H3,(H,25,29)/t19-,24-/m0/s1. The van der Waals surface area contributed by atoms with E-state index in [1.54, 1.807) is 28.8 Å². The zero-order valence-corrected chi connectivity index (χ0v) is 18.1. The fraction of sp³-hybridized carbons (Fsp3) is 0.292. The molecule has 0 radical (unpaired) electrons. The summed E-state index contributed by atoms with van der Waals surface area (Å²) in [6.45, 7) is 3.88. The molecule has 2 aliphatic rings. The van der Waals surface area contributed by atoms with Crippen LogP contribution in [0.2, 0.25) is 0 Å². The van der Waals surface area contributed by atoms with Gasteiger partial charge in [-0.2, -0.15) is 0 Å². The first-order chi connectivity index (χ1) is 14.9. The van der Waals surface area contributed by atoms with Crippen molar-refractivity contribution in [2.75, 3.05) is 11.1 Å². The van der Waals surface area contributed by atoms with E-state index in [-0.39, 0.29) is 11.8 Å². The van der Waals surface area contributed by atoms with Crippen molar-refractivity contribution in [1.29, 1.82) is 0 Å². The van der Waals surface area contributed by atoms with Gasteiger partial charge in [-0.1, -0.05) is 29.8 Å². The molecule has 2 atom stereocenters. The van der Waals surface area contributed by atoms with Crippen LogP contribution in [0.25, 0.3) is 11.0 Å². The number of benzene rings is 2. The van der Waals surface area contributed by atoms with E-state index in [0.29, 0.717) is 29.9 Å². The highest BCUT2D eigenvalue weighted by Crippen LogP contribution is 2.54. The molecule has 2 aliphatic heterocycles. The lowest BCUT2D eigenvalue weighted by Crippen LogP contribution is -2.48. The molecule has 0 aliphatic carbocycles. The maximum absolute atomic E-state index is 13.2. The third-order valence-corrected chi connectivity index (χ3v) is 7.75. The molecule has 0 unspecified atom stereocenters. The molecule has 7 heteroatoms. The minimum absolute atomic E-state index is 0.00542. The smallest absolute Gasteiger partial charge is 0.336 e. The van der Waals surface area contributed by atoms with Gasteiger partial charge < -0.3 is 14.6 Å². The van der Waals surface area contributed by atoms with Crippen LogP contribution in [0.3, 0.4) is 0 Å². The van der Waals surface area contributed by atoms with Gasteiger partial charge >= 0.3 is 5.63 Å². The van der Waals surface area contributed by atoms with Crippen molar-refractivity contribution < 1.29 is 14.0 Å². The van der Waals surface area contributed by atoms with Crippen LogP contribution < -0.4 is 10.9 Å². The molecule has 2 amide bonds. The molecule has 0 spiro atoms. The van der Waals surface area contributed by atoms with Crippen LogP contribution in [-0.2, 0) is 14.5 Å². The van der Waals surface area contributed by atoms with E-state index in [2.05, 4.69) is 17.4 Å². The summed E-state index contributed by atoms with van der Waals surface area (Å²) in [7, 11) is 0. The molecule has 1 aromatic heterocycles.